The molecule has 0 saturated carbocycles. The molecule has 2 aromatic carbocycles. The zero-order valence-electron chi connectivity index (χ0n) is 19.9. The molecule has 5 rings (SSSR count). The van der Waals surface area contributed by atoms with Crippen LogP contribution in [0.4, 0.5) is 5.69 Å². The fourth-order valence-corrected chi connectivity index (χ4v) is 3.69. The van der Waals surface area contributed by atoms with Crippen molar-refractivity contribution in [1.82, 2.24) is 4.98 Å². The van der Waals surface area contributed by atoms with Gasteiger partial charge in [0.05, 0.1) is 13.2 Å². The van der Waals surface area contributed by atoms with Gasteiger partial charge in [0.2, 0.25) is 5.91 Å². The second-order valence-corrected chi connectivity index (χ2v) is 8.58. The number of nitrogens with two attached hydrogens (primary N) is 1. The lowest BCUT2D eigenvalue weighted by atomic mass is 10.0. The van der Waals surface area contributed by atoms with E-state index in [0.717, 1.165) is 24.1 Å². The number of pyridine rings is 1. The minimum atomic E-state index is -1.01. The van der Waals surface area contributed by atoms with Crippen LogP contribution in [0.2, 0.25) is 0 Å². The molecule has 3 N–H and O–H groups in total. The van der Waals surface area contributed by atoms with E-state index in [1.807, 2.05) is 48.5 Å². The van der Waals surface area contributed by atoms with Gasteiger partial charge in [-0.25, -0.2) is 0 Å². The number of fused-ring (bicyclic) bond motifs is 1. The quantitative estimate of drug-likeness (QED) is 0.551. The first-order valence-electron chi connectivity index (χ1n) is 11.5. The summed E-state index contributed by atoms with van der Waals surface area (Å²) in [5.74, 6) is 6.62. The Morgan fingerprint density at radius 3 is 2.58 bits per heavy atom. The fourth-order valence-electron chi connectivity index (χ4n) is 3.69. The average molecular weight is 486 g/mol. The van der Waals surface area contributed by atoms with E-state index in [0.29, 0.717) is 17.9 Å². The van der Waals surface area contributed by atoms with Crippen LogP contribution in [-0.2, 0) is 16.0 Å². The average Bonchev–Trinajstić information content (AvgIpc) is 3.00. The van der Waals surface area contributed by atoms with Gasteiger partial charge in [0, 0.05) is 37.0 Å². The molecule has 1 aromatic heterocycles. The van der Waals surface area contributed by atoms with E-state index >= 15 is 0 Å². The number of aliphatic hydroxyl groups is 1. The number of nitrogens with zero attached hydrogens (tertiary/aromatic N) is 2. The highest BCUT2D eigenvalue weighted by atomic mass is 16.5. The summed E-state index contributed by atoms with van der Waals surface area (Å²) in [5, 5.41) is 9.89. The number of aryl methyl sites for hydroxylation is 1. The Morgan fingerprint density at radius 1 is 1.11 bits per heavy atom. The van der Waals surface area contributed by atoms with Crippen LogP contribution < -0.4 is 15.4 Å². The van der Waals surface area contributed by atoms with Crippen molar-refractivity contribution >= 4 is 17.5 Å². The van der Waals surface area contributed by atoms with Crippen molar-refractivity contribution < 1.29 is 24.2 Å². The van der Waals surface area contributed by atoms with Crippen molar-refractivity contribution in [2.45, 2.75) is 24.9 Å². The van der Waals surface area contributed by atoms with Crippen LogP contribution in [0.3, 0.4) is 0 Å². The lowest BCUT2D eigenvalue weighted by molar-refractivity contribution is -0.140. The number of primary amides is 1. The lowest BCUT2D eigenvalue weighted by Gasteiger charge is -2.30. The summed E-state index contributed by atoms with van der Waals surface area (Å²) in [5.41, 5.74) is 7.22. The first-order chi connectivity index (χ1) is 17.3. The van der Waals surface area contributed by atoms with E-state index in [4.69, 9.17) is 15.2 Å². The molecule has 0 radical (unpaired) electrons. The number of amides is 2. The molecule has 0 aliphatic carbocycles. The highest BCUT2D eigenvalue weighted by Gasteiger charge is 2.33. The maximum atomic E-state index is 11.9. The largest absolute Gasteiger partial charge is 0.457 e. The Labute approximate surface area is 209 Å². The number of rotatable bonds is 3. The molecular formula is C28H27N3O5. The van der Waals surface area contributed by atoms with Crippen molar-refractivity contribution in [3.63, 3.8) is 0 Å². The van der Waals surface area contributed by atoms with Crippen LogP contribution in [0.1, 0.15) is 34.5 Å². The monoisotopic (exact) mass is 485 g/mol. The molecule has 2 aliphatic heterocycles. The number of carbonyl (C=O) groups excluding carboxylic acids is 2. The number of para-hydroxylation sites is 1. The van der Waals surface area contributed by atoms with E-state index in [1.54, 1.807) is 18.0 Å². The van der Waals surface area contributed by atoms with Gasteiger partial charge in [0.15, 0.2) is 5.60 Å². The summed E-state index contributed by atoms with van der Waals surface area (Å²) in [6, 6.07) is 18.3. The number of anilines is 1. The first kappa shape index (κ1) is 24.9. The molecule has 0 bridgehead atoms. The van der Waals surface area contributed by atoms with Crippen LogP contribution in [0.25, 0.3) is 0 Å². The molecule has 0 spiro atoms. The second-order valence-electron chi connectivity index (χ2n) is 8.58. The van der Waals surface area contributed by atoms with Gasteiger partial charge in [0.25, 0.3) is 5.91 Å². The molecule has 0 atom stereocenters. The molecule has 0 unspecified atom stereocenters. The second kappa shape index (κ2) is 11.0. The third kappa shape index (κ3) is 6.27. The minimum Gasteiger partial charge on any atom is -0.457 e. The van der Waals surface area contributed by atoms with Crippen LogP contribution in [0, 0.1) is 11.8 Å². The standard InChI is InChI=1S/C16H17NO3.C12H10N2O2/c1-17-14-9-12(7-8-16(19)10-20-11-16)5-6-13(14)3-2-4-15(17)18;13-12(15)11-8-10(6-7-14-11)16-9-4-2-1-3-5-9/h5-6,9,19H,2-4,10-11H2,1H3;1-8H,(H2,13,15). The maximum Gasteiger partial charge on any atom is 0.267 e. The molecule has 8 nitrogen and oxygen atoms in total. The van der Waals surface area contributed by atoms with E-state index < -0.39 is 11.5 Å². The van der Waals surface area contributed by atoms with Gasteiger partial charge >= 0.3 is 0 Å². The molecule has 1 fully saturated rings. The van der Waals surface area contributed by atoms with Crippen molar-refractivity contribution in [3.05, 3.63) is 83.7 Å². The predicted molar refractivity (Wildman–Crippen MR) is 135 cm³/mol. The van der Waals surface area contributed by atoms with Crippen LogP contribution in [-0.4, -0.2) is 47.8 Å². The molecule has 1 saturated heterocycles. The number of carbonyl (C=O) groups is 2. The number of benzene rings is 2. The van der Waals surface area contributed by atoms with Gasteiger partial charge in [-0.15, -0.1) is 0 Å². The molecule has 8 heteroatoms. The highest BCUT2D eigenvalue weighted by molar-refractivity contribution is 5.94. The topological polar surface area (TPSA) is 115 Å². The van der Waals surface area contributed by atoms with E-state index in [2.05, 4.69) is 16.8 Å². The first-order valence-corrected chi connectivity index (χ1v) is 11.5. The van der Waals surface area contributed by atoms with Gasteiger partial charge in [-0.1, -0.05) is 36.1 Å². The van der Waals surface area contributed by atoms with Gasteiger partial charge in [-0.05, 0) is 48.7 Å². The summed E-state index contributed by atoms with van der Waals surface area (Å²) >= 11 is 0. The molecule has 3 heterocycles. The number of hydrogen-bond acceptors (Lipinski definition) is 6. The van der Waals surface area contributed by atoms with E-state index in [9.17, 15) is 14.7 Å². The zero-order chi connectivity index (χ0) is 25.5. The van der Waals surface area contributed by atoms with Crippen molar-refractivity contribution in [1.29, 1.82) is 0 Å². The maximum absolute atomic E-state index is 11.9. The predicted octanol–water partition coefficient (Wildman–Crippen LogP) is 3.07. The highest BCUT2D eigenvalue weighted by Crippen LogP contribution is 2.27. The summed E-state index contributed by atoms with van der Waals surface area (Å²) in [4.78, 5) is 28.3. The summed E-state index contributed by atoms with van der Waals surface area (Å²) in [7, 11) is 1.80. The normalized spacial score (nSPS) is 15.6. The molecule has 184 valence electrons. The van der Waals surface area contributed by atoms with E-state index in [1.165, 1.54) is 17.8 Å². The molecule has 2 aliphatic rings. The number of hydrogen-bond donors (Lipinski definition) is 2. The molecular weight excluding hydrogens is 458 g/mol. The zero-order valence-corrected chi connectivity index (χ0v) is 19.9. The Bertz CT molecular complexity index is 1310. The van der Waals surface area contributed by atoms with Gasteiger partial charge in [-0.3, -0.25) is 14.6 Å². The Balaban J connectivity index is 0.000000174. The third-order valence-corrected chi connectivity index (χ3v) is 5.74. The van der Waals surface area contributed by atoms with Crippen LogP contribution in [0.5, 0.6) is 11.5 Å². The SMILES string of the molecule is CN1C(=O)CCCc2ccc(C#CC3(O)COC3)cc21.NC(=O)c1cc(Oc2ccccc2)ccn1. The van der Waals surface area contributed by atoms with E-state index in [-0.39, 0.29) is 24.8 Å². The smallest absolute Gasteiger partial charge is 0.267 e. The molecule has 3 aromatic rings. The fraction of sp³-hybridized carbons (Fsp3) is 0.250. The molecule has 36 heavy (non-hydrogen) atoms. The van der Waals surface area contributed by atoms with Crippen LogP contribution in [0.15, 0.2) is 66.9 Å². The Morgan fingerprint density at radius 2 is 1.89 bits per heavy atom. The van der Waals surface area contributed by atoms with Gasteiger partial charge in [0.1, 0.15) is 17.2 Å². The van der Waals surface area contributed by atoms with Crippen molar-refractivity contribution in [2.75, 3.05) is 25.2 Å². The van der Waals surface area contributed by atoms with Crippen LogP contribution >= 0.6 is 0 Å². The van der Waals surface area contributed by atoms with Crippen molar-refractivity contribution in [3.8, 4) is 23.3 Å². The summed E-state index contributed by atoms with van der Waals surface area (Å²) in [6.07, 6.45) is 3.87. The Kier molecular flexibility index (Phi) is 7.64. The Hall–Kier alpha value is -4.19. The minimum absolute atomic E-state index is 0.139. The summed E-state index contributed by atoms with van der Waals surface area (Å²) < 4.78 is 10.5. The lowest BCUT2D eigenvalue weighted by Crippen LogP contribution is -2.48. The molecule has 2 amide bonds. The van der Waals surface area contributed by atoms with Crippen molar-refractivity contribution in [2.24, 2.45) is 5.73 Å². The third-order valence-electron chi connectivity index (χ3n) is 5.74. The summed E-state index contributed by atoms with van der Waals surface area (Å²) in [6.45, 7) is 0.534. The number of aromatic nitrogens is 1. The van der Waals surface area contributed by atoms with Gasteiger partial charge in [-0.2, -0.15) is 0 Å². The van der Waals surface area contributed by atoms with Gasteiger partial charge < -0.3 is 25.2 Å². The number of ether oxygens (including phenoxy) is 2.